The maximum Gasteiger partial charge on any atom is 0.138 e. The van der Waals surface area contributed by atoms with Crippen LogP contribution in [0.4, 0.5) is 0 Å². The van der Waals surface area contributed by atoms with E-state index in [0.29, 0.717) is 0 Å². The molecule has 0 saturated carbocycles. The van der Waals surface area contributed by atoms with Gasteiger partial charge in [-0.25, -0.2) is 0 Å². The van der Waals surface area contributed by atoms with Crippen molar-refractivity contribution in [2.24, 2.45) is 0 Å². The zero-order valence-corrected chi connectivity index (χ0v) is 10.3. The van der Waals surface area contributed by atoms with E-state index in [2.05, 4.69) is 18.0 Å². The van der Waals surface area contributed by atoms with Gasteiger partial charge in [0.2, 0.25) is 0 Å². The normalized spacial score (nSPS) is 16.8. The van der Waals surface area contributed by atoms with Crippen molar-refractivity contribution < 1.29 is 9.15 Å². The van der Waals surface area contributed by atoms with E-state index in [1.165, 1.54) is 10.9 Å². The third kappa shape index (κ3) is 1.80. The summed E-state index contributed by atoms with van der Waals surface area (Å²) >= 11 is 0. The summed E-state index contributed by atoms with van der Waals surface area (Å²) < 4.78 is 11.2. The zero-order chi connectivity index (χ0) is 11.8. The molecule has 0 N–H and O–H groups in total. The van der Waals surface area contributed by atoms with Gasteiger partial charge < -0.3 is 14.1 Å². The first-order valence-corrected chi connectivity index (χ1v) is 6.05. The summed E-state index contributed by atoms with van der Waals surface area (Å²) in [7, 11) is 3.85. The van der Waals surface area contributed by atoms with Crippen molar-refractivity contribution in [3.8, 4) is 5.75 Å². The summed E-state index contributed by atoms with van der Waals surface area (Å²) in [6, 6.07) is 6.10. The molecule has 3 nitrogen and oxygen atoms in total. The lowest BCUT2D eigenvalue weighted by Gasteiger charge is -2.11. The van der Waals surface area contributed by atoms with Gasteiger partial charge in [-0.15, -0.1) is 0 Å². The van der Waals surface area contributed by atoms with Crippen molar-refractivity contribution in [1.82, 2.24) is 4.90 Å². The second kappa shape index (κ2) is 4.08. The predicted octanol–water partition coefficient (Wildman–Crippen LogP) is 2.47. The lowest BCUT2D eigenvalue weighted by Crippen LogP contribution is -2.20. The van der Waals surface area contributed by atoms with Gasteiger partial charge in [-0.2, -0.15) is 0 Å². The molecular formula is C14H17NO2. The van der Waals surface area contributed by atoms with Crippen molar-refractivity contribution in [2.75, 3.05) is 27.2 Å². The minimum Gasteiger partial charge on any atom is -0.497 e. The molecule has 0 amide bonds. The van der Waals surface area contributed by atoms with Crippen LogP contribution in [0, 0.1) is 0 Å². The molecule has 17 heavy (non-hydrogen) atoms. The van der Waals surface area contributed by atoms with E-state index in [4.69, 9.17) is 9.15 Å². The van der Waals surface area contributed by atoms with Gasteiger partial charge in [0.1, 0.15) is 17.1 Å². The van der Waals surface area contributed by atoms with Crippen molar-refractivity contribution >= 4 is 11.0 Å². The number of fused-ring (bicyclic) bond motifs is 3. The number of nitrogens with zero attached hydrogens (tertiary/aromatic N) is 1. The maximum absolute atomic E-state index is 5.95. The van der Waals surface area contributed by atoms with Crippen LogP contribution in [0.5, 0.6) is 5.75 Å². The van der Waals surface area contributed by atoms with E-state index < -0.39 is 0 Å². The Bertz CT molecular complexity index is 544. The maximum atomic E-state index is 5.95. The first kappa shape index (κ1) is 10.7. The molecule has 2 aromatic rings. The lowest BCUT2D eigenvalue weighted by atomic mass is 10.1. The molecule has 3 rings (SSSR count). The van der Waals surface area contributed by atoms with Crippen LogP contribution in [0.2, 0.25) is 0 Å². The zero-order valence-electron chi connectivity index (χ0n) is 10.3. The fourth-order valence-electron chi connectivity index (χ4n) is 2.49. The summed E-state index contributed by atoms with van der Waals surface area (Å²) in [5, 5.41) is 1.25. The predicted molar refractivity (Wildman–Crippen MR) is 67.7 cm³/mol. The monoisotopic (exact) mass is 231 g/mol. The van der Waals surface area contributed by atoms with Gasteiger partial charge in [0, 0.05) is 36.5 Å². The highest BCUT2D eigenvalue weighted by Crippen LogP contribution is 2.31. The molecule has 0 aliphatic carbocycles. The third-order valence-corrected chi connectivity index (χ3v) is 3.55. The van der Waals surface area contributed by atoms with Crippen LogP contribution in [0.3, 0.4) is 0 Å². The molecule has 0 bridgehead atoms. The highest BCUT2D eigenvalue weighted by atomic mass is 16.5. The minimum atomic E-state index is 0.860. The third-order valence-electron chi connectivity index (χ3n) is 3.55. The quantitative estimate of drug-likeness (QED) is 0.754. The summed E-state index contributed by atoms with van der Waals surface area (Å²) in [6.07, 6.45) is 2.08. The number of furan rings is 1. The fraction of sp³-hybridized carbons (Fsp3) is 0.429. The summed E-state index contributed by atoms with van der Waals surface area (Å²) in [4.78, 5) is 2.35. The minimum absolute atomic E-state index is 0.860. The number of rotatable bonds is 1. The van der Waals surface area contributed by atoms with Gasteiger partial charge in [-0.1, -0.05) is 0 Å². The average Bonchev–Trinajstić information content (AvgIpc) is 2.60. The number of likely N-dealkylation sites (N-methyl/N-ethyl adjacent to an activating group) is 1. The van der Waals surface area contributed by atoms with Crippen LogP contribution in [-0.4, -0.2) is 32.1 Å². The number of ether oxygens (including phenoxy) is 1. The molecule has 0 radical (unpaired) electrons. The topological polar surface area (TPSA) is 25.6 Å². The smallest absolute Gasteiger partial charge is 0.138 e. The van der Waals surface area contributed by atoms with Crippen LogP contribution in [0.1, 0.15) is 11.3 Å². The molecule has 0 saturated heterocycles. The van der Waals surface area contributed by atoms with E-state index in [9.17, 15) is 0 Å². The molecule has 1 aliphatic heterocycles. The van der Waals surface area contributed by atoms with Gasteiger partial charge in [0.05, 0.1) is 7.11 Å². The van der Waals surface area contributed by atoms with Crippen molar-refractivity contribution in [1.29, 1.82) is 0 Å². The molecule has 1 aromatic heterocycles. The molecule has 0 fully saturated rings. The highest BCUT2D eigenvalue weighted by molar-refractivity contribution is 5.83. The second-order valence-corrected chi connectivity index (χ2v) is 4.67. The first-order valence-electron chi connectivity index (χ1n) is 6.05. The Morgan fingerprint density at radius 1 is 1.24 bits per heavy atom. The van der Waals surface area contributed by atoms with E-state index in [1.807, 2.05) is 12.1 Å². The molecule has 3 heteroatoms. The first-order chi connectivity index (χ1) is 8.28. The van der Waals surface area contributed by atoms with Crippen LogP contribution in [-0.2, 0) is 12.8 Å². The van der Waals surface area contributed by atoms with Crippen molar-refractivity contribution in [3.05, 3.63) is 29.5 Å². The highest BCUT2D eigenvalue weighted by Gasteiger charge is 2.18. The lowest BCUT2D eigenvalue weighted by molar-refractivity contribution is 0.346. The largest absolute Gasteiger partial charge is 0.497 e. The summed E-state index contributed by atoms with van der Waals surface area (Å²) in [5.74, 6) is 2.01. The Kier molecular flexibility index (Phi) is 2.56. The van der Waals surface area contributed by atoms with Crippen LogP contribution in [0.15, 0.2) is 22.6 Å². The van der Waals surface area contributed by atoms with Crippen LogP contribution in [0.25, 0.3) is 11.0 Å². The second-order valence-electron chi connectivity index (χ2n) is 4.67. The van der Waals surface area contributed by atoms with E-state index in [0.717, 1.165) is 43.0 Å². The standard InChI is InChI=1S/C14H17NO2/c1-15-7-5-12-11-4-3-10(16-2)9-14(11)17-13(12)6-8-15/h3-4,9H,5-8H2,1-2H3. The summed E-state index contributed by atoms with van der Waals surface area (Å²) in [5.41, 5.74) is 2.34. The van der Waals surface area contributed by atoms with Crippen LogP contribution < -0.4 is 4.74 Å². The molecule has 90 valence electrons. The SMILES string of the molecule is COc1ccc2c3c(oc2c1)CCN(C)CC3. The number of methoxy groups -OCH3 is 1. The molecule has 2 heterocycles. The van der Waals surface area contributed by atoms with Crippen molar-refractivity contribution in [2.45, 2.75) is 12.8 Å². The van der Waals surface area contributed by atoms with E-state index in [-0.39, 0.29) is 0 Å². The molecule has 0 unspecified atom stereocenters. The molecular weight excluding hydrogens is 214 g/mol. The average molecular weight is 231 g/mol. The van der Waals surface area contributed by atoms with Crippen molar-refractivity contribution in [3.63, 3.8) is 0 Å². The molecule has 0 spiro atoms. The number of hydrogen-bond acceptors (Lipinski definition) is 3. The Morgan fingerprint density at radius 3 is 2.88 bits per heavy atom. The Hall–Kier alpha value is -1.48. The summed E-state index contributed by atoms with van der Waals surface area (Å²) in [6.45, 7) is 2.18. The number of hydrogen-bond donors (Lipinski definition) is 0. The fourth-order valence-corrected chi connectivity index (χ4v) is 2.49. The molecule has 0 atom stereocenters. The Balaban J connectivity index is 2.10. The van der Waals surface area contributed by atoms with Gasteiger partial charge in [-0.3, -0.25) is 0 Å². The molecule has 1 aliphatic rings. The Labute approximate surface area is 101 Å². The number of benzene rings is 1. The van der Waals surface area contributed by atoms with Gasteiger partial charge in [0.25, 0.3) is 0 Å². The molecule has 1 aromatic carbocycles. The van der Waals surface area contributed by atoms with Gasteiger partial charge in [-0.05, 0) is 25.6 Å². The van der Waals surface area contributed by atoms with E-state index >= 15 is 0 Å². The van der Waals surface area contributed by atoms with Gasteiger partial charge >= 0.3 is 0 Å². The Morgan fingerprint density at radius 2 is 2.06 bits per heavy atom. The van der Waals surface area contributed by atoms with Gasteiger partial charge in [0.15, 0.2) is 0 Å². The van der Waals surface area contributed by atoms with E-state index in [1.54, 1.807) is 7.11 Å². The van der Waals surface area contributed by atoms with Crippen LogP contribution >= 0.6 is 0 Å².